The van der Waals surface area contributed by atoms with Crippen LogP contribution >= 0.6 is 0 Å². The predicted octanol–water partition coefficient (Wildman–Crippen LogP) is 1.87. The lowest BCUT2D eigenvalue weighted by Gasteiger charge is -1.59. The van der Waals surface area contributed by atoms with E-state index in [1.54, 1.807) is 18.2 Å². The molecule has 0 saturated carbocycles. The van der Waals surface area contributed by atoms with Gasteiger partial charge in [0.05, 0.1) is 0 Å². The highest BCUT2D eigenvalue weighted by Gasteiger charge is 1.51. The van der Waals surface area contributed by atoms with E-state index in [2.05, 4.69) is 25.0 Å². The quantitative estimate of drug-likeness (QED) is 0.359. The number of allylic oxidation sites excluding steroid dienone is 4. The Bertz CT molecular complexity index is 112. The fourth-order valence-electron chi connectivity index (χ4n) is 0.175. The summed E-state index contributed by atoms with van der Waals surface area (Å²) in [6.07, 6.45) is 7.68. The molecule has 0 bridgehead atoms. The van der Waals surface area contributed by atoms with Crippen LogP contribution in [0.2, 0.25) is 0 Å². The van der Waals surface area contributed by atoms with Crippen molar-refractivity contribution in [3.63, 3.8) is 0 Å². The Hall–Kier alpha value is -1.00. The molecule has 0 nitrogen and oxygen atoms in total. The maximum absolute atomic E-state index is 3.45. The van der Waals surface area contributed by atoms with Crippen LogP contribution in [0.25, 0.3) is 0 Å². The van der Waals surface area contributed by atoms with Crippen LogP contribution in [-0.4, -0.2) is 0 Å². The fourth-order valence-corrected chi connectivity index (χ4v) is 0.175. The Morgan fingerprint density at radius 1 is 1.43 bits per heavy atom. The maximum atomic E-state index is 3.45. The molecule has 0 atom stereocenters. The van der Waals surface area contributed by atoms with Gasteiger partial charge in [-0.1, -0.05) is 25.3 Å². The molecule has 0 rings (SSSR count). The highest BCUT2D eigenvalue weighted by molar-refractivity contribution is 5.00. The second-order valence-corrected chi connectivity index (χ2v) is 0.917. The van der Waals surface area contributed by atoms with E-state index in [1.807, 2.05) is 0 Å². The SMILES string of the molecule is C=C=C/[C]=C/C=C. The molecule has 0 aliphatic rings. The first-order valence-electron chi connectivity index (χ1n) is 1.96. The van der Waals surface area contributed by atoms with Crippen molar-refractivity contribution in [2.45, 2.75) is 0 Å². The lowest BCUT2D eigenvalue weighted by atomic mass is 10.5. The van der Waals surface area contributed by atoms with Crippen molar-refractivity contribution >= 4 is 0 Å². The zero-order valence-corrected chi connectivity index (χ0v) is 4.15. The van der Waals surface area contributed by atoms with Crippen LogP contribution in [0.4, 0.5) is 0 Å². The summed E-state index contributed by atoms with van der Waals surface area (Å²) in [5, 5.41) is 0. The third-order valence-electron chi connectivity index (χ3n) is 0.399. The molecule has 7 heavy (non-hydrogen) atoms. The van der Waals surface area contributed by atoms with E-state index in [-0.39, 0.29) is 0 Å². The highest BCUT2D eigenvalue weighted by atomic mass is 13.6. The van der Waals surface area contributed by atoms with Crippen LogP contribution in [0.5, 0.6) is 0 Å². The van der Waals surface area contributed by atoms with Crippen molar-refractivity contribution in [3.8, 4) is 0 Å². The van der Waals surface area contributed by atoms with Crippen LogP contribution in [-0.2, 0) is 0 Å². The molecular formula is C7H7. The van der Waals surface area contributed by atoms with Gasteiger partial charge in [0.25, 0.3) is 0 Å². The number of rotatable bonds is 2. The zero-order chi connectivity index (χ0) is 5.54. The second kappa shape index (κ2) is 5.00. The Morgan fingerprint density at radius 2 is 2.14 bits per heavy atom. The smallest absolute Gasteiger partial charge is 0.0101 e. The van der Waals surface area contributed by atoms with Gasteiger partial charge >= 0.3 is 0 Å². The summed E-state index contributed by atoms with van der Waals surface area (Å²) in [6, 6.07) is 0. The molecule has 0 heterocycles. The van der Waals surface area contributed by atoms with Gasteiger partial charge in [0.15, 0.2) is 0 Å². The summed E-state index contributed by atoms with van der Waals surface area (Å²) >= 11 is 0. The lowest BCUT2D eigenvalue weighted by molar-refractivity contribution is 1.88. The van der Waals surface area contributed by atoms with Gasteiger partial charge in [-0.05, 0) is 12.2 Å². The van der Waals surface area contributed by atoms with Crippen LogP contribution in [0, 0.1) is 6.08 Å². The minimum Gasteiger partial charge on any atom is -0.128 e. The van der Waals surface area contributed by atoms with Gasteiger partial charge in [-0.3, -0.25) is 0 Å². The molecule has 0 spiro atoms. The Balaban J connectivity index is 3.47. The molecule has 0 unspecified atom stereocenters. The molecule has 0 aromatic rings. The van der Waals surface area contributed by atoms with Gasteiger partial charge in [0, 0.05) is 0 Å². The minimum absolute atomic E-state index is 1.60. The maximum Gasteiger partial charge on any atom is -0.0101 e. The van der Waals surface area contributed by atoms with Crippen molar-refractivity contribution in [1.82, 2.24) is 0 Å². The highest BCUT2D eigenvalue weighted by Crippen LogP contribution is 1.69. The van der Waals surface area contributed by atoms with Crippen molar-refractivity contribution in [2.24, 2.45) is 0 Å². The Labute approximate surface area is 44.2 Å². The molecule has 0 aromatic heterocycles. The predicted molar refractivity (Wildman–Crippen MR) is 31.7 cm³/mol. The molecule has 0 aliphatic carbocycles. The molecule has 0 heteroatoms. The molecule has 0 aromatic carbocycles. The number of hydrogen-bond donors (Lipinski definition) is 0. The molecule has 0 saturated heterocycles. The first kappa shape index (κ1) is 6.00. The monoisotopic (exact) mass is 91.1 g/mol. The van der Waals surface area contributed by atoms with E-state index in [0.717, 1.165) is 0 Å². The summed E-state index contributed by atoms with van der Waals surface area (Å²) < 4.78 is 0. The average molecular weight is 91.1 g/mol. The van der Waals surface area contributed by atoms with E-state index in [4.69, 9.17) is 0 Å². The molecule has 0 aliphatic heterocycles. The minimum atomic E-state index is 1.60. The van der Waals surface area contributed by atoms with Gasteiger partial charge in [0.1, 0.15) is 0 Å². The third kappa shape index (κ3) is 5.00. The van der Waals surface area contributed by atoms with Gasteiger partial charge in [-0.25, -0.2) is 0 Å². The summed E-state index contributed by atoms with van der Waals surface area (Å²) in [7, 11) is 0. The molecular weight excluding hydrogens is 84.1 g/mol. The van der Waals surface area contributed by atoms with E-state index < -0.39 is 0 Å². The Morgan fingerprint density at radius 3 is 2.57 bits per heavy atom. The van der Waals surface area contributed by atoms with Crippen LogP contribution < -0.4 is 0 Å². The molecule has 35 valence electrons. The number of hydrogen-bond acceptors (Lipinski definition) is 0. The molecule has 0 amide bonds. The van der Waals surface area contributed by atoms with E-state index in [0.29, 0.717) is 0 Å². The van der Waals surface area contributed by atoms with Crippen molar-refractivity contribution in [3.05, 3.63) is 43.2 Å². The fraction of sp³-hybridized carbons (Fsp3) is 0. The molecule has 0 fully saturated rings. The largest absolute Gasteiger partial charge is 0.128 e. The van der Waals surface area contributed by atoms with Gasteiger partial charge in [-0.15, -0.1) is 5.73 Å². The molecule has 1 radical (unpaired) electrons. The first-order valence-corrected chi connectivity index (χ1v) is 1.96. The lowest BCUT2D eigenvalue weighted by Crippen LogP contribution is -1.42. The average Bonchev–Trinajstić information content (AvgIpc) is 1.69. The second-order valence-electron chi connectivity index (χ2n) is 0.917. The summed E-state index contributed by atoms with van der Waals surface area (Å²) in [4.78, 5) is 0. The van der Waals surface area contributed by atoms with Crippen molar-refractivity contribution in [2.75, 3.05) is 0 Å². The van der Waals surface area contributed by atoms with Crippen LogP contribution in [0.15, 0.2) is 37.1 Å². The molecule has 0 N–H and O–H groups in total. The van der Waals surface area contributed by atoms with E-state index in [1.165, 1.54) is 0 Å². The third-order valence-corrected chi connectivity index (χ3v) is 0.399. The van der Waals surface area contributed by atoms with Gasteiger partial charge in [0.2, 0.25) is 0 Å². The van der Waals surface area contributed by atoms with Crippen molar-refractivity contribution in [1.29, 1.82) is 0 Å². The van der Waals surface area contributed by atoms with Crippen LogP contribution in [0.1, 0.15) is 0 Å². The van der Waals surface area contributed by atoms with Crippen LogP contribution in [0.3, 0.4) is 0 Å². The zero-order valence-electron chi connectivity index (χ0n) is 4.15. The summed E-state index contributed by atoms with van der Waals surface area (Å²) in [5.74, 6) is 0. The standard InChI is InChI=1S/C7H7/c1-3-5-7-6-4-2/h3,5-6H,1-2H2. The van der Waals surface area contributed by atoms with Crippen molar-refractivity contribution < 1.29 is 0 Å². The van der Waals surface area contributed by atoms with Gasteiger partial charge in [-0.2, -0.15) is 0 Å². The topological polar surface area (TPSA) is 0 Å². The Kier molecular flexibility index (Phi) is 4.29. The first-order chi connectivity index (χ1) is 3.41. The summed E-state index contributed by atoms with van der Waals surface area (Å²) in [5.41, 5.74) is 2.54. The summed E-state index contributed by atoms with van der Waals surface area (Å²) in [6.45, 7) is 6.78. The normalized spacial score (nSPS) is 8.00. The van der Waals surface area contributed by atoms with E-state index in [9.17, 15) is 0 Å². The van der Waals surface area contributed by atoms with E-state index >= 15 is 0 Å². The van der Waals surface area contributed by atoms with Gasteiger partial charge < -0.3 is 0 Å².